The van der Waals surface area contributed by atoms with Crippen LogP contribution in [0.5, 0.6) is 0 Å². The number of carboxylic acid groups (broad SMARTS) is 2. The molecule has 0 fully saturated rings. The number of carbonyl (C=O) groups is 6. The summed E-state index contributed by atoms with van der Waals surface area (Å²) in [5.74, 6) is -6.09. The van der Waals surface area contributed by atoms with Crippen molar-refractivity contribution in [3.05, 3.63) is 35.9 Å². The van der Waals surface area contributed by atoms with E-state index in [1.54, 1.807) is 30.3 Å². The van der Waals surface area contributed by atoms with Gasteiger partial charge in [-0.2, -0.15) is 12.6 Å². The second-order valence-corrected chi connectivity index (χ2v) is 8.30. The number of thiol groups is 1. The zero-order valence-corrected chi connectivity index (χ0v) is 20.3. The van der Waals surface area contributed by atoms with Crippen LogP contribution in [-0.2, 0) is 35.2 Å². The van der Waals surface area contributed by atoms with Gasteiger partial charge in [0.05, 0.1) is 6.04 Å². The van der Waals surface area contributed by atoms with Crippen molar-refractivity contribution >= 4 is 48.2 Å². The Bertz CT molecular complexity index is 946. The predicted octanol–water partition coefficient (Wildman–Crippen LogP) is -1.84. The third-order valence-electron chi connectivity index (χ3n) is 5.02. The molecule has 0 aliphatic rings. The summed E-state index contributed by atoms with van der Waals surface area (Å²) in [7, 11) is 0. The van der Waals surface area contributed by atoms with E-state index in [2.05, 4.69) is 28.6 Å². The lowest BCUT2D eigenvalue weighted by atomic mass is 10.0. The van der Waals surface area contributed by atoms with Gasteiger partial charge in [0, 0.05) is 18.6 Å². The molecule has 1 aromatic carbocycles. The molecule has 0 radical (unpaired) electrons. The number of nitrogens with two attached hydrogens (primary N) is 2. The Morgan fingerprint density at radius 3 is 1.86 bits per heavy atom. The van der Waals surface area contributed by atoms with Crippen molar-refractivity contribution in [2.24, 2.45) is 11.5 Å². The van der Waals surface area contributed by atoms with Crippen molar-refractivity contribution in [1.29, 1.82) is 0 Å². The van der Waals surface area contributed by atoms with Gasteiger partial charge in [-0.25, -0.2) is 4.79 Å². The molecule has 9 N–H and O–H groups in total. The maximum atomic E-state index is 12.9. The first-order valence-corrected chi connectivity index (χ1v) is 11.6. The first-order chi connectivity index (χ1) is 16.9. The first-order valence-electron chi connectivity index (χ1n) is 11.0. The summed E-state index contributed by atoms with van der Waals surface area (Å²) in [5.41, 5.74) is 11.9. The monoisotopic (exact) mass is 525 g/mol. The van der Waals surface area contributed by atoms with E-state index in [9.17, 15) is 33.9 Å². The maximum Gasteiger partial charge on any atom is 0.326 e. The molecule has 1 aromatic rings. The fourth-order valence-corrected chi connectivity index (χ4v) is 3.32. The van der Waals surface area contributed by atoms with Crippen molar-refractivity contribution in [2.45, 2.75) is 56.3 Å². The van der Waals surface area contributed by atoms with Crippen LogP contribution in [0.4, 0.5) is 0 Å². The molecule has 4 unspecified atom stereocenters. The molecule has 1 rings (SSSR count). The summed E-state index contributed by atoms with van der Waals surface area (Å²) < 4.78 is 0. The number of rotatable bonds is 16. The molecular weight excluding hydrogens is 494 g/mol. The number of nitrogens with one attached hydrogen (secondary N) is 3. The van der Waals surface area contributed by atoms with Crippen LogP contribution in [0.25, 0.3) is 0 Å². The van der Waals surface area contributed by atoms with E-state index < -0.39 is 66.2 Å². The molecule has 4 atom stereocenters. The molecule has 13 nitrogen and oxygen atoms in total. The minimum atomic E-state index is -1.51. The molecule has 4 amide bonds. The van der Waals surface area contributed by atoms with E-state index in [1.165, 1.54) is 0 Å². The summed E-state index contributed by atoms with van der Waals surface area (Å²) in [6.07, 6.45) is -1.12. The van der Waals surface area contributed by atoms with Gasteiger partial charge in [0.25, 0.3) is 0 Å². The average molecular weight is 526 g/mol. The van der Waals surface area contributed by atoms with Gasteiger partial charge in [-0.1, -0.05) is 30.3 Å². The molecule has 36 heavy (non-hydrogen) atoms. The molecule has 0 aromatic heterocycles. The highest BCUT2D eigenvalue weighted by molar-refractivity contribution is 7.80. The SMILES string of the molecule is NC(=O)CCC(NC(=O)C(N)Cc1ccccc1)C(=O)NC(CS)C(=O)NC(CCC(=O)O)C(=O)O. The third-order valence-corrected chi connectivity index (χ3v) is 5.39. The van der Waals surface area contributed by atoms with Crippen LogP contribution in [0.2, 0.25) is 0 Å². The highest BCUT2D eigenvalue weighted by Gasteiger charge is 2.30. The van der Waals surface area contributed by atoms with Crippen molar-refractivity contribution < 1.29 is 39.0 Å². The van der Waals surface area contributed by atoms with Crippen LogP contribution >= 0.6 is 12.6 Å². The number of benzene rings is 1. The smallest absolute Gasteiger partial charge is 0.326 e. The molecule has 0 aliphatic carbocycles. The van der Waals surface area contributed by atoms with Crippen molar-refractivity contribution in [2.75, 3.05) is 5.75 Å². The van der Waals surface area contributed by atoms with E-state index in [4.69, 9.17) is 16.6 Å². The summed E-state index contributed by atoms with van der Waals surface area (Å²) in [5, 5.41) is 24.9. The van der Waals surface area contributed by atoms with Gasteiger partial charge in [0.2, 0.25) is 23.6 Å². The second-order valence-electron chi connectivity index (χ2n) is 7.94. The lowest BCUT2D eigenvalue weighted by Crippen LogP contribution is -2.58. The number of carboxylic acids is 2. The lowest BCUT2D eigenvalue weighted by molar-refractivity contribution is -0.143. The minimum Gasteiger partial charge on any atom is -0.481 e. The van der Waals surface area contributed by atoms with E-state index in [0.717, 1.165) is 5.56 Å². The van der Waals surface area contributed by atoms with Crippen LogP contribution < -0.4 is 27.4 Å². The Kier molecular flexibility index (Phi) is 13.0. The summed E-state index contributed by atoms with van der Waals surface area (Å²) in [6, 6.07) is 3.81. The molecule has 14 heteroatoms. The maximum absolute atomic E-state index is 12.9. The van der Waals surface area contributed by atoms with Crippen molar-refractivity contribution in [3.63, 3.8) is 0 Å². The summed E-state index contributed by atoms with van der Waals surface area (Å²) in [6.45, 7) is 0. The fourth-order valence-electron chi connectivity index (χ4n) is 3.06. The normalized spacial score (nSPS) is 13.9. The Morgan fingerprint density at radius 2 is 1.33 bits per heavy atom. The number of hydrogen-bond acceptors (Lipinski definition) is 8. The van der Waals surface area contributed by atoms with Crippen LogP contribution in [0.3, 0.4) is 0 Å². The first kappa shape index (κ1) is 30.4. The highest BCUT2D eigenvalue weighted by Crippen LogP contribution is 2.05. The topological polar surface area (TPSA) is 231 Å². The van der Waals surface area contributed by atoms with Gasteiger partial charge in [0.1, 0.15) is 18.1 Å². The van der Waals surface area contributed by atoms with E-state index in [0.29, 0.717) is 0 Å². The molecular formula is C22H31N5O8S. The number of primary amides is 1. The van der Waals surface area contributed by atoms with Gasteiger partial charge in [-0.3, -0.25) is 24.0 Å². The van der Waals surface area contributed by atoms with E-state index in [-0.39, 0.29) is 31.4 Å². The number of amides is 4. The minimum absolute atomic E-state index is 0.178. The molecule has 0 heterocycles. The fraction of sp³-hybridized carbons (Fsp3) is 0.455. The van der Waals surface area contributed by atoms with Gasteiger partial charge in [0.15, 0.2) is 0 Å². The molecule has 198 valence electrons. The zero-order chi connectivity index (χ0) is 27.3. The number of aliphatic carboxylic acids is 2. The van der Waals surface area contributed by atoms with Crippen molar-refractivity contribution in [3.8, 4) is 0 Å². The third kappa shape index (κ3) is 11.2. The van der Waals surface area contributed by atoms with Gasteiger partial charge < -0.3 is 37.6 Å². The Morgan fingerprint density at radius 1 is 0.806 bits per heavy atom. The molecule has 0 spiro atoms. The highest BCUT2D eigenvalue weighted by atomic mass is 32.1. The van der Waals surface area contributed by atoms with Crippen LogP contribution in [0.1, 0.15) is 31.2 Å². The van der Waals surface area contributed by atoms with Crippen LogP contribution in [-0.4, -0.2) is 75.7 Å². The summed E-state index contributed by atoms with van der Waals surface area (Å²) in [4.78, 5) is 71.3. The quantitative estimate of drug-likeness (QED) is 0.113. The Hall–Kier alpha value is -3.65. The molecule has 0 aliphatic heterocycles. The van der Waals surface area contributed by atoms with E-state index in [1.807, 2.05) is 0 Å². The molecule has 0 saturated heterocycles. The molecule has 0 saturated carbocycles. The van der Waals surface area contributed by atoms with Gasteiger partial charge >= 0.3 is 11.9 Å². The number of hydrogen-bond donors (Lipinski definition) is 8. The Labute approximate surface area is 212 Å². The Balaban J connectivity index is 2.87. The van der Waals surface area contributed by atoms with Crippen LogP contribution in [0.15, 0.2) is 30.3 Å². The predicted molar refractivity (Wildman–Crippen MR) is 131 cm³/mol. The largest absolute Gasteiger partial charge is 0.481 e. The number of carbonyl (C=O) groups excluding carboxylic acids is 4. The lowest BCUT2D eigenvalue weighted by Gasteiger charge is -2.24. The standard InChI is InChI=1S/C22H31N5O8S/c23-13(10-12-4-2-1-3-5-12)19(31)25-14(6-8-17(24)28)20(32)27-16(11-36)21(33)26-15(22(34)35)7-9-18(29)30/h1-5,13-16,36H,6-11,23H2,(H2,24,28)(H,25,31)(H,26,33)(H,27,32)(H,29,30)(H,34,35). The van der Waals surface area contributed by atoms with E-state index >= 15 is 0 Å². The summed E-state index contributed by atoms with van der Waals surface area (Å²) >= 11 is 4.00. The second kappa shape index (κ2) is 15.4. The van der Waals surface area contributed by atoms with Crippen LogP contribution in [0, 0.1) is 0 Å². The van der Waals surface area contributed by atoms with Gasteiger partial charge in [-0.15, -0.1) is 0 Å². The zero-order valence-electron chi connectivity index (χ0n) is 19.4. The van der Waals surface area contributed by atoms with Gasteiger partial charge in [-0.05, 0) is 24.8 Å². The van der Waals surface area contributed by atoms with Crippen molar-refractivity contribution in [1.82, 2.24) is 16.0 Å². The molecule has 0 bridgehead atoms. The average Bonchev–Trinajstić information content (AvgIpc) is 2.82.